The third-order valence-corrected chi connectivity index (χ3v) is 3.11. The molecular weight excluding hydrogens is 276 g/mol. The van der Waals surface area contributed by atoms with Crippen LogP contribution in [0.2, 0.25) is 0 Å². The van der Waals surface area contributed by atoms with Crippen LogP contribution in [0.15, 0.2) is 42.5 Å². The van der Waals surface area contributed by atoms with Crippen LogP contribution in [0.1, 0.15) is 16.7 Å². The molecule has 2 aromatic rings. The summed E-state index contributed by atoms with van der Waals surface area (Å²) in [5.41, 5.74) is 1.94. The highest BCUT2D eigenvalue weighted by molar-refractivity contribution is 5.70. The highest BCUT2D eigenvalue weighted by Crippen LogP contribution is 2.12. The van der Waals surface area contributed by atoms with Crippen molar-refractivity contribution >= 4 is 5.97 Å². The van der Waals surface area contributed by atoms with Crippen molar-refractivity contribution in [2.45, 2.75) is 19.5 Å². The highest BCUT2D eigenvalue weighted by atomic mass is 19.1. The molecule has 0 bridgehead atoms. The predicted octanol–water partition coefficient (Wildman–Crippen LogP) is 2.88. The van der Waals surface area contributed by atoms with Crippen LogP contribution >= 0.6 is 0 Å². The summed E-state index contributed by atoms with van der Waals surface area (Å²) >= 11 is 0. The van der Waals surface area contributed by atoms with Crippen molar-refractivity contribution in [3.63, 3.8) is 0 Å². The smallest absolute Gasteiger partial charge is 0.307 e. The molecule has 0 saturated carbocycles. The number of carboxylic acids is 1. The number of carboxylic acid groups (broad SMARTS) is 1. The molecule has 0 aliphatic carbocycles. The van der Waals surface area contributed by atoms with E-state index in [2.05, 4.69) is 5.32 Å². The molecule has 0 aromatic heterocycles. The van der Waals surface area contributed by atoms with E-state index in [1.165, 1.54) is 12.1 Å². The SMILES string of the molecule is O=C(O)Cc1ccccc1CNCc1ccc(F)cc1F. The summed E-state index contributed by atoms with van der Waals surface area (Å²) in [6.45, 7) is 0.661. The number of nitrogens with one attached hydrogen (secondary N) is 1. The Morgan fingerprint density at radius 3 is 2.33 bits per heavy atom. The van der Waals surface area contributed by atoms with Crippen LogP contribution < -0.4 is 5.32 Å². The van der Waals surface area contributed by atoms with Gasteiger partial charge in [-0.15, -0.1) is 0 Å². The van der Waals surface area contributed by atoms with Gasteiger partial charge in [0.05, 0.1) is 6.42 Å². The van der Waals surface area contributed by atoms with E-state index in [0.29, 0.717) is 12.1 Å². The van der Waals surface area contributed by atoms with Gasteiger partial charge in [0.15, 0.2) is 0 Å². The summed E-state index contributed by atoms with van der Waals surface area (Å²) < 4.78 is 26.3. The number of benzene rings is 2. The van der Waals surface area contributed by atoms with E-state index in [0.717, 1.165) is 17.2 Å². The molecule has 5 heteroatoms. The Labute approximate surface area is 121 Å². The van der Waals surface area contributed by atoms with Crippen LogP contribution in [0, 0.1) is 11.6 Å². The molecular formula is C16H15F2NO2. The topological polar surface area (TPSA) is 49.3 Å². The van der Waals surface area contributed by atoms with Crippen LogP contribution in [-0.2, 0) is 24.3 Å². The first-order valence-electron chi connectivity index (χ1n) is 6.49. The van der Waals surface area contributed by atoms with E-state index < -0.39 is 17.6 Å². The van der Waals surface area contributed by atoms with Gasteiger partial charge < -0.3 is 10.4 Å². The lowest BCUT2D eigenvalue weighted by atomic mass is 10.0. The Morgan fingerprint density at radius 2 is 1.67 bits per heavy atom. The zero-order valence-corrected chi connectivity index (χ0v) is 11.3. The minimum absolute atomic E-state index is 0.0528. The van der Waals surface area contributed by atoms with Crippen LogP contribution in [0.3, 0.4) is 0 Å². The van der Waals surface area contributed by atoms with Crippen LogP contribution in [0.4, 0.5) is 8.78 Å². The summed E-state index contributed by atoms with van der Waals surface area (Å²) in [7, 11) is 0. The molecule has 0 amide bonds. The van der Waals surface area contributed by atoms with Gasteiger partial charge in [-0.05, 0) is 17.2 Å². The summed E-state index contributed by atoms with van der Waals surface area (Å²) in [5.74, 6) is -2.10. The fourth-order valence-electron chi connectivity index (χ4n) is 2.06. The first-order valence-corrected chi connectivity index (χ1v) is 6.49. The van der Waals surface area contributed by atoms with Gasteiger partial charge in [-0.3, -0.25) is 4.79 Å². The molecule has 0 aliphatic rings. The van der Waals surface area contributed by atoms with E-state index in [1.54, 1.807) is 12.1 Å². The molecule has 0 saturated heterocycles. The van der Waals surface area contributed by atoms with Gasteiger partial charge in [0.25, 0.3) is 0 Å². The lowest BCUT2D eigenvalue weighted by Crippen LogP contribution is -2.16. The maximum absolute atomic E-state index is 13.5. The Kier molecular flexibility index (Phi) is 5.00. The van der Waals surface area contributed by atoms with Crippen molar-refractivity contribution in [2.24, 2.45) is 0 Å². The molecule has 2 aromatic carbocycles. The van der Waals surface area contributed by atoms with Crippen molar-refractivity contribution in [1.82, 2.24) is 5.32 Å². The third-order valence-electron chi connectivity index (χ3n) is 3.11. The summed E-state index contributed by atoms with van der Waals surface area (Å²) in [6, 6.07) is 10.6. The van der Waals surface area contributed by atoms with E-state index in [4.69, 9.17) is 5.11 Å². The second-order valence-electron chi connectivity index (χ2n) is 4.68. The first kappa shape index (κ1) is 15.1. The predicted molar refractivity (Wildman–Crippen MR) is 74.7 cm³/mol. The highest BCUT2D eigenvalue weighted by Gasteiger charge is 2.07. The largest absolute Gasteiger partial charge is 0.481 e. The van der Waals surface area contributed by atoms with E-state index in [9.17, 15) is 13.6 Å². The van der Waals surface area contributed by atoms with Crippen molar-refractivity contribution in [3.8, 4) is 0 Å². The van der Waals surface area contributed by atoms with Gasteiger partial charge in [-0.1, -0.05) is 30.3 Å². The standard InChI is InChI=1S/C16H15F2NO2/c17-14-6-5-13(15(18)8-14)10-19-9-12-4-2-1-3-11(12)7-16(20)21/h1-6,8,19H,7,9-10H2,(H,20,21). The summed E-state index contributed by atoms with van der Waals surface area (Å²) in [4.78, 5) is 10.8. The molecule has 3 nitrogen and oxygen atoms in total. The molecule has 0 heterocycles. The van der Waals surface area contributed by atoms with E-state index >= 15 is 0 Å². The molecule has 0 aliphatic heterocycles. The summed E-state index contributed by atoms with van der Waals surface area (Å²) in [6.07, 6.45) is -0.0528. The Morgan fingerprint density at radius 1 is 1.00 bits per heavy atom. The van der Waals surface area contributed by atoms with Gasteiger partial charge in [-0.25, -0.2) is 8.78 Å². The number of carbonyl (C=O) groups is 1. The van der Waals surface area contributed by atoms with Crippen LogP contribution in [0.25, 0.3) is 0 Å². The maximum Gasteiger partial charge on any atom is 0.307 e. The van der Waals surface area contributed by atoms with Gasteiger partial charge in [0.2, 0.25) is 0 Å². The Balaban J connectivity index is 1.98. The second kappa shape index (κ2) is 6.95. The Bertz CT molecular complexity index is 644. The maximum atomic E-state index is 13.5. The molecule has 0 spiro atoms. The minimum Gasteiger partial charge on any atom is -0.481 e. The number of aliphatic carboxylic acids is 1. The monoisotopic (exact) mass is 291 g/mol. The number of hydrogen-bond acceptors (Lipinski definition) is 2. The zero-order chi connectivity index (χ0) is 15.2. The fraction of sp³-hybridized carbons (Fsp3) is 0.188. The van der Waals surface area contributed by atoms with Crippen molar-refractivity contribution in [1.29, 1.82) is 0 Å². The third kappa shape index (κ3) is 4.36. The summed E-state index contributed by atoms with van der Waals surface area (Å²) in [5, 5.41) is 11.9. The lowest BCUT2D eigenvalue weighted by molar-refractivity contribution is -0.136. The number of hydrogen-bond donors (Lipinski definition) is 2. The van der Waals surface area contributed by atoms with Gasteiger partial charge in [0, 0.05) is 24.7 Å². The van der Waals surface area contributed by atoms with Crippen molar-refractivity contribution in [3.05, 3.63) is 70.8 Å². The second-order valence-corrected chi connectivity index (χ2v) is 4.68. The molecule has 0 unspecified atom stereocenters. The lowest BCUT2D eigenvalue weighted by Gasteiger charge is -2.10. The molecule has 21 heavy (non-hydrogen) atoms. The molecule has 2 N–H and O–H groups in total. The number of halogens is 2. The molecule has 0 fully saturated rings. The quantitative estimate of drug-likeness (QED) is 0.860. The van der Waals surface area contributed by atoms with E-state index in [-0.39, 0.29) is 13.0 Å². The fourth-order valence-corrected chi connectivity index (χ4v) is 2.06. The van der Waals surface area contributed by atoms with Gasteiger partial charge in [-0.2, -0.15) is 0 Å². The molecule has 2 rings (SSSR count). The van der Waals surface area contributed by atoms with Crippen LogP contribution in [0.5, 0.6) is 0 Å². The van der Waals surface area contributed by atoms with Crippen LogP contribution in [-0.4, -0.2) is 11.1 Å². The number of rotatable bonds is 6. The van der Waals surface area contributed by atoms with Gasteiger partial charge >= 0.3 is 5.97 Å². The normalized spacial score (nSPS) is 10.6. The van der Waals surface area contributed by atoms with Crippen molar-refractivity contribution in [2.75, 3.05) is 0 Å². The van der Waals surface area contributed by atoms with E-state index in [1.807, 2.05) is 12.1 Å². The average molecular weight is 291 g/mol. The molecule has 0 radical (unpaired) electrons. The average Bonchev–Trinajstić information content (AvgIpc) is 2.42. The minimum atomic E-state index is -0.896. The Hall–Kier alpha value is -2.27. The zero-order valence-electron chi connectivity index (χ0n) is 11.3. The van der Waals surface area contributed by atoms with Gasteiger partial charge in [0.1, 0.15) is 11.6 Å². The van der Waals surface area contributed by atoms with Crippen molar-refractivity contribution < 1.29 is 18.7 Å². The first-order chi connectivity index (χ1) is 10.1. The molecule has 110 valence electrons. The molecule has 0 atom stereocenters.